The summed E-state index contributed by atoms with van der Waals surface area (Å²) < 4.78 is 24.5. The van der Waals surface area contributed by atoms with Crippen molar-refractivity contribution >= 4 is 75.7 Å². The summed E-state index contributed by atoms with van der Waals surface area (Å²) in [5.41, 5.74) is 1.68. The van der Waals surface area contributed by atoms with Crippen LogP contribution in [0.15, 0.2) is 67.5 Å². The molecule has 2 rings (SSSR count). The lowest BCUT2D eigenvalue weighted by atomic mass is 9.78. The number of hydrogen-bond acceptors (Lipinski definition) is 6. The summed E-state index contributed by atoms with van der Waals surface area (Å²) in [4.78, 5) is 22.3. The smallest absolute Gasteiger partial charge is 0.330 e. The van der Waals surface area contributed by atoms with Gasteiger partial charge in [-0.05, 0) is 99.1 Å². The Morgan fingerprint density at radius 2 is 1.03 bits per heavy atom. The molecule has 2 aromatic rings. The lowest BCUT2D eigenvalue weighted by Crippen LogP contribution is -2.20. The topological polar surface area (TPSA) is 71.1 Å². The number of benzene rings is 2. The van der Waals surface area contributed by atoms with Gasteiger partial charge < -0.3 is 18.9 Å². The van der Waals surface area contributed by atoms with Crippen LogP contribution in [0.25, 0.3) is 0 Å². The Morgan fingerprint density at radius 1 is 0.714 bits per heavy atom. The van der Waals surface area contributed by atoms with E-state index in [1.807, 2.05) is 24.3 Å². The van der Waals surface area contributed by atoms with E-state index in [2.05, 4.69) is 90.7 Å². The van der Waals surface area contributed by atoms with Gasteiger partial charge in [0, 0.05) is 17.6 Å². The third-order valence-electron chi connectivity index (χ3n) is 4.92. The minimum atomic E-state index is -0.492. The van der Waals surface area contributed by atoms with Gasteiger partial charge in [-0.15, -0.1) is 0 Å². The zero-order chi connectivity index (χ0) is 26.2. The van der Waals surface area contributed by atoms with Crippen molar-refractivity contribution in [3.05, 3.63) is 78.6 Å². The number of esters is 2. The van der Waals surface area contributed by atoms with Crippen molar-refractivity contribution < 1.29 is 28.5 Å². The molecule has 10 heteroatoms. The third kappa shape index (κ3) is 8.20. The van der Waals surface area contributed by atoms with Crippen LogP contribution in [0.2, 0.25) is 0 Å². The maximum absolute atomic E-state index is 11.2. The monoisotopic (exact) mass is 736 g/mol. The highest BCUT2D eigenvalue weighted by molar-refractivity contribution is 9.11. The first-order valence-corrected chi connectivity index (χ1v) is 13.5. The average molecular weight is 740 g/mol. The lowest BCUT2D eigenvalue weighted by Gasteiger charge is -2.28. The van der Waals surface area contributed by atoms with Crippen LogP contribution in [0.1, 0.15) is 25.0 Å². The molecule has 0 heterocycles. The van der Waals surface area contributed by atoms with Gasteiger partial charge in [0.25, 0.3) is 0 Å². The van der Waals surface area contributed by atoms with E-state index in [0.29, 0.717) is 11.5 Å². The normalized spacial score (nSPS) is 10.9. The van der Waals surface area contributed by atoms with Gasteiger partial charge in [-0.1, -0.05) is 27.0 Å². The second-order valence-corrected chi connectivity index (χ2v) is 11.0. The molecule has 0 saturated heterocycles. The summed E-state index contributed by atoms with van der Waals surface area (Å²) in [6.45, 7) is 11.6. The number of carbonyl (C=O) groups is 2. The summed E-state index contributed by atoms with van der Waals surface area (Å²) in [7, 11) is 0. The van der Waals surface area contributed by atoms with E-state index in [9.17, 15) is 9.59 Å². The van der Waals surface area contributed by atoms with Crippen molar-refractivity contribution in [2.75, 3.05) is 26.4 Å². The van der Waals surface area contributed by atoms with Crippen molar-refractivity contribution in [1.82, 2.24) is 0 Å². The predicted molar refractivity (Wildman–Crippen MR) is 149 cm³/mol. The van der Waals surface area contributed by atoms with Crippen molar-refractivity contribution in [3.8, 4) is 11.5 Å². The highest BCUT2D eigenvalue weighted by Gasteiger charge is 2.27. The average Bonchev–Trinajstić information content (AvgIpc) is 2.81. The molecular weight excluding hydrogens is 716 g/mol. The summed E-state index contributed by atoms with van der Waals surface area (Å²) >= 11 is 14.4. The molecule has 0 spiro atoms. The van der Waals surface area contributed by atoms with E-state index in [4.69, 9.17) is 18.9 Å². The van der Waals surface area contributed by atoms with Gasteiger partial charge in [0.1, 0.15) is 37.9 Å². The van der Waals surface area contributed by atoms with Crippen LogP contribution in [-0.2, 0) is 24.5 Å². The Labute approximate surface area is 238 Å². The number of ether oxygens (including phenoxy) is 4. The zero-order valence-electron chi connectivity index (χ0n) is 19.2. The summed E-state index contributed by atoms with van der Waals surface area (Å²) in [5, 5.41) is 0. The molecule has 0 unspecified atom stereocenters. The van der Waals surface area contributed by atoms with Crippen LogP contribution in [0.5, 0.6) is 11.5 Å². The van der Waals surface area contributed by atoms with Crippen LogP contribution in [0, 0.1) is 0 Å². The van der Waals surface area contributed by atoms with Gasteiger partial charge in [-0.2, -0.15) is 0 Å². The molecule has 0 aliphatic rings. The SMILES string of the molecule is C=CC(=O)OCCOc1c(Br)cc(C(C)(C)c2cc(Br)c(OCCOC(=O)C=C)c(Br)c2)cc1Br. The second kappa shape index (κ2) is 13.6. The molecule has 0 saturated carbocycles. The first-order chi connectivity index (χ1) is 16.5. The molecule has 0 radical (unpaired) electrons. The fourth-order valence-electron chi connectivity index (χ4n) is 2.97. The van der Waals surface area contributed by atoms with Gasteiger partial charge in [0.2, 0.25) is 0 Å². The van der Waals surface area contributed by atoms with E-state index in [1.165, 1.54) is 0 Å². The Hall–Kier alpha value is -1.62. The van der Waals surface area contributed by atoms with Crippen LogP contribution in [0.3, 0.4) is 0 Å². The van der Waals surface area contributed by atoms with Gasteiger partial charge in [0.15, 0.2) is 0 Å². The molecular formula is C25H24Br4O6. The van der Waals surface area contributed by atoms with Crippen LogP contribution in [-0.4, -0.2) is 38.4 Å². The second-order valence-electron chi connectivity index (χ2n) is 7.60. The predicted octanol–water partition coefficient (Wildman–Crippen LogP) is 7.28. The van der Waals surface area contributed by atoms with Gasteiger partial charge in [-0.25, -0.2) is 9.59 Å². The van der Waals surface area contributed by atoms with Crippen molar-refractivity contribution in [2.45, 2.75) is 19.3 Å². The van der Waals surface area contributed by atoms with E-state index in [-0.39, 0.29) is 31.8 Å². The minimum absolute atomic E-state index is 0.115. The van der Waals surface area contributed by atoms with Gasteiger partial charge in [-0.3, -0.25) is 0 Å². The number of hydrogen-bond donors (Lipinski definition) is 0. The highest BCUT2D eigenvalue weighted by atomic mass is 79.9. The molecule has 0 aromatic heterocycles. The highest BCUT2D eigenvalue weighted by Crippen LogP contribution is 2.44. The molecule has 0 aliphatic carbocycles. The third-order valence-corrected chi connectivity index (χ3v) is 7.28. The molecule has 0 amide bonds. The fourth-order valence-corrected chi connectivity index (χ4v) is 5.80. The Morgan fingerprint density at radius 3 is 1.31 bits per heavy atom. The number of rotatable bonds is 12. The van der Waals surface area contributed by atoms with Crippen molar-refractivity contribution in [3.63, 3.8) is 0 Å². The molecule has 35 heavy (non-hydrogen) atoms. The quantitative estimate of drug-likeness (QED) is 0.130. The molecule has 0 atom stereocenters. The molecule has 0 bridgehead atoms. The zero-order valence-corrected chi connectivity index (χ0v) is 25.5. The molecule has 188 valence electrons. The molecule has 0 fully saturated rings. The Kier molecular flexibility index (Phi) is 11.5. The standard InChI is InChI=1S/C25H24Br4O6/c1-5-21(30)32-7-9-34-23-17(26)11-15(12-18(23)27)25(3,4)16-13-19(28)24(20(29)14-16)35-10-8-33-22(31)6-2/h5-6,11-14H,1-2,7-10H2,3-4H3. The number of carbonyl (C=O) groups excluding carboxylic acids is 2. The van der Waals surface area contributed by atoms with Crippen LogP contribution >= 0.6 is 63.7 Å². The van der Waals surface area contributed by atoms with E-state index in [1.54, 1.807) is 0 Å². The molecule has 0 aliphatic heterocycles. The summed E-state index contributed by atoms with van der Waals surface area (Å²) in [5.74, 6) is 0.243. The maximum atomic E-state index is 11.2. The van der Waals surface area contributed by atoms with Crippen LogP contribution in [0.4, 0.5) is 0 Å². The number of halogens is 4. The molecule has 6 nitrogen and oxygen atoms in total. The first kappa shape index (κ1) is 29.6. The van der Waals surface area contributed by atoms with Crippen molar-refractivity contribution in [1.29, 1.82) is 0 Å². The van der Waals surface area contributed by atoms with E-state index >= 15 is 0 Å². The fraction of sp³-hybridized carbons (Fsp3) is 0.280. The van der Waals surface area contributed by atoms with Crippen molar-refractivity contribution in [2.24, 2.45) is 0 Å². The van der Waals surface area contributed by atoms with Crippen LogP contribution < -0.4 is 9.47 Å². The summed E-state index contributed by atoms with van der Waals surface area (Å²) in [6.07, 6.45) is 2.22. The van der Waals surface area contributed by atoms with E-state index in [0.717, 1.165) is 41.2 Å². The van der Waals surface area contributed by atoms with Gasteiger partial charge >= 0.3 is 11.9 Å². The lowest BCUT2D eigenvalue weighted by molar-refractivity contribution is -0.139. The first-order valence-electron chi connectivity index (χ1n) is 10.3. The molecule has 2 aromatic carbocycles. The molecule has 0 N–H and O–H groups in total. The summed E-state index contributed by atoms with van der Waals surface area (Å²) in [6, 6.07) is 7.98. The minimum Gasteiger partial charge on any atom is -0.488 e. The van der Waals surface area contributed by atoms with Gasteiger partial charge in [0.05, 0.1) is 17.9 Å². The maximum Gasteiger partial charge on any atom is 0.330 e. The van der Waals surface area contributed by atoms with E-state index < -0.39 is 11.9 Å². The largest absolute Gasteiger partial charge is 0.488 e. The Balaban J connectivity index is 2.18. The Bertz CT molecular complexity index is 982.